The van der Waals surface area contributed by atoms with Crippen LogP contribution in [-0.4, -0.2) is 56.0 Å². The van der Waals surface area contributed by atoms with Gasteiger partial charge in [-0.3, -0.25) is 4.98 Å². The highest BCUT2D eigenvalue weighted by Gasteiger charge is 2.22. The molecule has 3 aromatic rings. The Kier molecular flexibility index (Phi) is 4.17. The van der Waals surface area contributed by atoms with Crippen molar-refractivity contribution >= 4 is 17.5 Å². The summed E-state index contributed by atoms with van der Waals surface area (Å²) in [6.45, 7) is 2.15. The van der Waals surface area contributed by atoms with E-state index in [4.69, 9.17) is 4.74 Å². The highest BCUT2D eigenvalue weighted by Crippen LogP contribution is 2.26. The Hall–Kier alpha value is -3.14. The molecule has 1 fully saturated rings. The minimum absolute atomic E-state index is 0.0162. The van der Waals surface area contributed by atoms with Gasteiger partial charge in [-0.2, -0.15) is 19.5 Å². The van der Waals surface area contributed by atoms with Gasteiger partial charge in [0.15, 0.2) is 11.6 Å². The zero-order chi connectivity index (χ0) is 17.1. The normalized spacial score (nSPS) is 14.5. The van der Waals surface area contributed by atoms with E-state index in [9.17, 15) is 0 Å². The van der Waals surface area contributed by atoms with Crippen LogP contribution in [0.4, 0.5) is 21.8 Å². The van der Waals surface area contributed by atoms with Crippen molar-refractivity contribution in [1.29, 1.82) is 0 Å². The molecule has 3 aromatic heterocycles. The fourth-order valence-corrected chi connectivity index (χ4v) is 2.47. The molecule has 4 heterocycles. The SMILES string of the molecule is Fc1c(Nc2cnccn2)nc(-n2cccn2)nc1N1CCOCC1. The second-order valence-electron chi connectivity index (χ2n) is 5.28. The van der Waals surface area contributed by atoms with Crippen molar-refractivity contribution in [2.75, 3.05) is 36.5 Å². The third kappa shape index (κ3) is 3.24. The maximum atomic E-state index is 15.0. The molecule has 0 atom stereocenters. The van der Waals surface area contributed by atoms with E-state index in [1.165, 1.54) is 23.3 Å². The largest absolute Gasteiger partial charge is 0.378 e. The minimum atomic E-state index is -0.552. The van der Waals surface area contributed by atoms with E-state index >= 15 is 4.39 Å². The lowest BCUT2D eigenvalue weighted by molar-refractivity contribution is 0.122. The number of aromatic nitrogens is 6. The smallest absolute Gasteiger partial charge is 0.254 e. The first-order valence-electron chi connectivity index (χ1n) is 7.74. The second kappa shape index (κ2) is 6.77. The summed E-state index contributed by atoms with van der Waals surface area (Å²) in [7, 11) is 0. The number of halogens is 1. The number of hydrogen-bond acceptors (Lipinski definition) is 8. The van der Waals surface area contributed by atoms with E-state index in [1.54, 1.807) is 18.5 Å². The first kappa shape index (κ1) is 15.4. The lowest BCUT2D eigenvalue weighted by Gasteiger charge is -2.28. The minimum Gasteiger partial charge on any atom is -0.378 e. The lowest BCUT2D eigenvalue weighted by atomic mass is 10.3. The molecule has 0 amide bonds. The summed E-state index contributed by atoms with van der Waals surface area (Å²) in [4.78, 5) is 18.5. The Balaban J connectivity index is 1.77. The molecule has 0 bridgehead atoms. The summed E-state index contributed by atoms with van der Waals surface area (Å²) in [5, 5.41) is 6.98. The predicted octanol–water partition coefficient (Wildman–Crippen LogP) is 1.17. The molecule has 9 nitrogen and oxygen atoms in total. The van der Waals surface area contributed by atoms with Crippen LogP contribution in [0, 0.1) is 5.82 Å². The number of anilines is 3. The van der Waals surface area contributed by atoms with Gasteiger partial charge < -0.3 is 15.0 Å². The molecule has 0 aromatic carbocycles. The van der Waals surface area contributed by atoms with Crippen LogP contribution in [0.5, 0.6) is 0 Å². The maximum Gasteiger partial charge on any atom is 0.254 e. The average molecular weight is 342 g/mol. The molecule has 25 heavy (non-hydrogen) atoms. The van der Waals surface area contributed by atoms with Gasteiger partial charge in [-0.15, -0.1) is 0 Å². The van der Waals surface area contributed by atoms with Crippen molar-refractivity contribution in [3.05, 3.63) is 42.9 Å². The zero-order valence-corrected chi connectivity index (χ0v) is 13.2. The molecule has 0 unspecified atom stereocenters. The van der Waals surface area contributed by atoms with Crippen molar-refractivity contribution in [1.82, 2.24) is 29.7 Å². The number of nitrogens with one attached hydrogen (secondary N) is 1. The van der Waals surface area contributed by atoms with Crippen molar-refractivity contribution < 1.29 is 9.13 Å². The fourth-order valence-electron chi connectivity index (χ4n) is 2.47. The molecule has 1 saturated heterocycles. The third-order valence-corrected chi connectivity index (χ3v) is 3.65. The first-order chi connectivity index (χ1) is 12.3. The summed E-state index contributed by atoms with van der Waals surface area (Å²) >= 11 is 0. The van der Waals surface area contributed by atoms with Gasteiger partial charge in [-0.25, -0.2) is 9.67 Å². The van der Waals surface area contributed by atoms with Crippen molar-refractivity contribution in [3.63, 3.8) is 0 Å². The molecule has 128 valence electrons. The van der Waals surface area contributed by atoms with E-state index in [0.717, 1.165) is 0 Å². The fraction of sp³-hybridized carbons (Fsp3) is 0.267. The molecule has 4 rings (SSSR count). The van der Waals surface area contributed by atoms with E-state index < -0.39 is 5.82 Å². The van der Waals surface area contributed by atoms with Crippen LogP contribution in [0.15, 0.2) is 37.1 Å². The average Bonchev–Trinajstić information content (AvgIpc) is 3.20. The Morgan fingerprint density at radius 1 is 1.12 bits per heavy atom. The number of ether oxygens (including phenoxy) is 1. The van der Waals surface area contributed by atoms with Crippen LogP contribution >= 0.6 is 0 Å². The standard InChI is InChI=1S/C15H15FN8O/c16-12-13(20-11-10-17-3-4-18-11)21-15(24-5-1-2-19-24)22-14(12)23-6-8-25-9-7-23/h1-5,10H,6-9H2,(H,18,20,21,22). The van der Waals surface area contributed by atoms with Crippen LogP contribution in [0.3, 0.4) is 0 Å². The summed E-state index contributed by atoms with van der Waals surface area (Å²) in [5.74, 6) is 0.319. The molecule has 1 N–H and O–H groups in total. The first-order valence-corrected chi connectivity index (χ1v) is 7.74. The highest BCUT2D eigenvalue weighted by atomic mass is 19.1. The van der Waals surface area contributed by atoms with Crippen LogP contribution in [0.2, 0.25) is 0 Å². The summed E-state index contributed by atoms with van der Waals surface area (Å²) in [6, 6.07) is 1.75. The van der Waals surface area contributed by atoms with Gasteiger partial charge in [0.1, 0.15) is 5.82 Å². The molecular weight excluding hydrogens is 327 g/mol. The maximum absolute atomic E-state index is 15.0. The van der Waals surface area contributed by atoms with E-state index in [2.05, 4.69) is 30.4 Å². The Morgan fingerprint density at radius 2 is 2.00 bits per heavy atom. The van der Waals surface area contributed by atoms with Crippen LogP contribution < -0.4 is 10.2 Å². The van der Waals surface area contributed by atoms with Gasteiger partial charge in [0, 0.05) is 37.9 Å². The molecule has 0 radical (unpaired) electrons. The summed E-state index contributed by atoms with van der Waals surface area (Å²) in [6.07, 6.45) is 7.84. The monoisotopic (exact) mass is 342 g/mol. The molecule has 1 aliphatic heterocycles. The number of nitrogens with zero attached hydrogens (tertiary/aromatic N) is 7. The van der Waals surface area contributed by atoms with Gasteiger partial charge in [0.05, 0.1) is 19.4 Å². The number of morpholine rings is 1. The summed E-state index contributed by atoms with van der Waals surface area (Å²) < 4.78 is 21.8. The molecule has 0 saturated carbocycles. The Bertz CT molecular complexity index is 836. The summed E-state index contributed by atoms with van der Waals surface area (Å²) in [5.41, 5.74) is 0. The van der Waals surface area contributed by atoms with Gasteiger partial charge in [0.2, 0.25) is 5.82 Å². The highest BCUT2D eigenvalue weighted by molar-refractivity contribution is 5.59. The number of hydrogen-bond donors (Lipinski definition) is 1. The predicted molar refractivity (Wildman–Crippen MR) is 87.5 cm³/mol. The van der Waals surface area contributed by atoms with Crippen LogP contribution in [-0.2, 0) is 4.74 Å². The van der Waals surface area contributed by atoms with Gasteiger partial charge in [0.25, 0.3) is 5.95 Å². The van der Waals surface area contributed by atoms with Crippen LogP contribution in [0.25, 0.3) is 5.95 Å². The Labute approximate surface area is 142 Å². The lowest BCUT2D eigenvalue weighted by Crippen LogP contribution is -2.37. The molecule has 0 spiro atoms. The van der Waals surface area contributed by atoms with Gasteiger partial charge in [-0.1, -0.05) is 0 Å². The number of rotatable bonds is 4. The second-order valence-corrected chi connectivity index (χ2v) is 5.28. The van der Waals surface area contributed by atoms with Gasteiger partial charge >= 0.3 is 0 Å². The topological polar surface area (TPSA) is 93.9 Å². The van der Waals surface area contributed by atoms with E-state index in [0.29, 0.717) is 32.1 Å². The van der Waals surface area contributed by atoms with Crippen molar-refractivity contribution in [3.8, 4) is 5.95 Å². The molecular formula is C15H15FN8O. The zero-order valence-electron chi connectivity index (χ0n) is 13.2. The molecule has 10 heteroatoms. The van der Waals surface area contributed by atoms with Crippen LogP contribution in [0.1, 0.15) is 0 Å². The van der Waals surface area contributed by atoms with E-state index in [1.807, 2.05) is 4.90 Å². The Morgan fingerprint density at radius 3 is 2.72 bits per heavy atom. The van der Waals surface area contributed by atoms with Crippen molar-refractivity contribution in [2.24, 2.45) is 0 Å². The quantitative estimate of drug-likeness (QED) is 0.755. The third-order valence-electron chi connectivity index (χ3n) is 3.65. The molecule has 1 aliphatic rings. The van der Waals surface area contributed by atoms with Gasteiger partial charge in [-0.05, 0) is 6.07 Å². The molecule has 0 aliphatic carbocycles. The van der Waals surface area contributed by atoms with E-state index in [-0.39, 0.29) is 17.6 Å². The van der Waals surface area contributed by atoms with Crippen molar-refractivity contribution in [2.45, 2.75) is 0 Å².